The van der Waals surface area contributed by atoms with Crippen LogP contribution in [0.15, 0.2) is 0 Å². The van der Waals surface area contributed by atoms with Crippen molar-refractivity contribution in [1.82, 2.24) is 0 Å². The molecule has 4 heteroatoms. The van der Waals surface area contributed by atoms with Crippen molar-refractivity contribution in [1.29, 1.82) is 0 Å². The second-order valence-electron chi connectivity index (χ2n) is 2.15. The summed E-state index contributed by atoms with van der Waals surface area (Å²) in [4.78, 5) is 9.99. The van der Waals surface area contributed by atoms with Gasteiger partial charge >= 0.3 is 0 Å². The van der Waals surface area contributed by atoms with Crippen LogP contribution in [0.5, 0.6) is 0 Å². The second kappa shape index (κ2) is 3.82. The summed E-state index contributed by atoms with van der Waals surface area (Å²) in [7, 11) is 0. The average Bonchev–Trinajstić information content (AvgIpc) is 1.63. The molecule has 0 aromatic heterocycles. The van der Waals surface area contributed by atoms with Crippen LogP contribution >= 0.6 is 15.9 Å². The molecule has 0 aromatic carbocycles. The topological polar surface area (TPSA) is 43.1 Å². The van der Waals surface area contributed by atoms with E-state index in [2.05, 4.69) is 15.9 Å². The van der Waals surface area contributed by atoms with Crippen LogP contribution in [-0.2, 0) is 0 Å². The Bertz CT molecular complexity index is 105. The summed E-state index contributed by atoms with van der Waals surface area (Å²) in [6, 6.07) is -0.431. The van der Waals surface area contributed by atoms with Gasteiger partial charge in [0.1, 0.15) is 0 Å². The van der Waals surface area contributed by atoms with Crippen LogP contribution in [0.25, 0.3) is 0 Å². The van der Waals surface area contributed by atoms with E-state index < -0.39 is 6.04 Å². The molecule has 2 atom stereocenters. The van der Waals surface area contributed by atoms with Gasteiger partial charge in [0, 0.05) is 23.1 Å². The maximum absolute atomic E-state index is 10.0. The molecule has 0 heterocycles. The van der Waals surface area contributed by atoms with Crippen molar-refractivity contribution in [3.63, 3.8) is 0 Å². The quantitative estimate of drug-likeness (QED) is 0.392. The Morgan fingerprint density at radius 1 is 1.67 bits per heavy atom. The first-order valence-corrected chi connectivity index (χ1v) is 3.73. The fraction of sp³-hybridized carbons (Fsp3) is 1.00. The molecule has 0 saturated heterocycles. The molecule has 0 aliphatic rings. The molecule has 0 spiro atoms. The number of nitrogens with zero attached hydrogens (tertiary/aromatic N) is 1. The molecule has 0 bridgehead atoms. The largest absolute Gasteiger partial charge is 0.264 e. The van der Waals surface area contributed by atoms with Gasteiger partial charge in [-0.3, -0.25) is 10.1 Å². The Balaban J connectivity index is 3.50. The van der Waals surface area contributed by atoms with Gasteiger partial charge in [-0.25, -0.2) is 0 Å². The third kappa shape index (κ3) is 4.39. The predicted molar refractivity (Wildman–Crippen MR) is 39.5 cm³/mol. The van der Waals surface area contributed by atoms with E-state index in [0.29, 0.717) is 6.42 Å². The Kier molecular flexibility index (Phi) is 3.77. The van der Waals surface area contributed by atoms with E-state index in [1.165, 1.54) is 0 Å². The minimum atomic E-state index is -0.431. The van der Waals surface area contributed by atoms with Crippen molar-refractivity contribution < 1.29 is 4.92 Å². The maximum atomic E-state index is 10.0. The molecule has 0 radical (unpaired) electrons. The SMILES string of the molecule is CC(Br)CC(C)[N+](=O)[O-]. The van der Waals surface area contributed by atoms with Crippen LogP contribution in [0.2, 0.25) is 0 Å². The van der Waals surface area contributed by atoms with E-state index in [1.807, 2.05) is 6.92 Å². The van der Waals surface area contributed by atoms with Gasteiger partial charge in [0.05, 0.1) is 0 Å². The van der Waals surface area contributed by atoms with Crippen molar-refractivity contribution in [2.24, 2.45) is 0 Å². The molecule has 3 nitrogen and oxygen atoms in total. The van der Waals surface area contributed by atoms with Gasteiger partial charge in [-0.2, -0.15) is 0 Å². The minimum absolute atomic E-state index is 0.234. The zero-order chi connectivity index (χ0) is 7.44. The van der Waals surface area contributed by atoms with Crippen LogP contribution in [0.3, 0.4) is 0 Å². The number of halogens is 1. The number of nitro groups is 1. The lowest BCUT2D eigenvalue weighted by atomic mass is 10.2. The highest BCUT2D eigenvalue weighted by Crippen LogP contribution is 2.07. The van der Waals surface area contributed by atoms with Crippen LogP contribution in [-0.4, -0.2) is 15.8 Å². The van der Waals surface area contributed by atoms with Crippen molar-refractivity contribution in [3.8, 4) is 0 Å². The van der Waals surface area contributed by atoms with E-state index >= 15 is 0 Å². The number of rotatable bonds is 3. The highest BCUT2D eigenvalue weighted by molar-refractivity contribution is 9.09. The smallest absolute Gasteiger partial charge is 0.211 e. The summed E-state index contributed by atoms with van der Waals surface area (Å²) in [6.07, 6.45) is 0.590. The Labute approximate surface area is 62.7 Å². The third-order valence-electron chi connectivity index (χ3n) is 1.03. The molecule has 0 aromatic rings. The van der Waals surface area contributed by atoms with Gasteiger partial charge in [0.15, 0.2) is 0 Å². The molecule has 0 N–H and O–H groups in total. The van der Waals surface area contributed by atoms with E-state index in [0.717, 1.165) is 0 Å². The zero-order valence-corrected chi connectivity index (χ0v) is 7.09. The van der Waals surface area contributed by atoms with Gasteiger partial charge in [-0.1, -0.05) is 22.9 Å². The lowest BCUT2D eigenvalue weighted by Gasteiger charge is -2.03. The van der Waals surface area contributed by atoms with Crippen molar-refractivity contribution in [2.45, 2.75) is 31.1 Å². The predicted octanol–water partition coefficient (Wildman–Crippen LogP) is 1.83. The lowest BCUT2D eigenvalue weighted by Crippen LogP contribution is -2.17. The molecule has 9 heavy (non-hydrogen) atoms. The molecule has 0 aliphatic heterocycles. The first-order valence-electron chi connectivity index (χ1n) is 2.81. The van der Waals surface area contributed by atoms with E-state index in [-0.39, 0.29) is 9.75 Å². The molecular formula is C5H10BrNO2. The molecule has 0 saturated carbocycles. The highest BCUT2D eigenvalue weighted by Gasteiger charge is 2.14. The summed E-state index contributed by atoms with van der Waals surface area (Å²) >= 11 is 3.24. The molecular weight excluding hydrogens is 186 g/mol. The fourth-order valence-electron chi connectivity index (χ4n) is 0.556. The molecule has 54 valence electrons. The zero-order valence-electron chi connectivity index (χ0n) is 5.50. The standard InChI is InChI=1S/C5H10BrNO2/c1-4(6)3-5(2)7(8)9/h4-5H,3H2,1-2H3. The average molecular weight is 196 g/mol. The molecule has 2 unspecified atom stereocenters. The van der Waals surface area contributed by atoms with Gasteiger partial charge in [-0.05, 0) is 0 Å². The van der Waals surface area contributed by atoms with E-state index in [4.69, 9.17) is 0 Å². The monoisotopic (exact) mass is 195 g/mol. The minimum Gasteiger partial charge on any atom is -0.264 e. The van der Waals surface area contributed by atoms with Crippen LogP contribution in [0, 0.1) is 10.1 Å². The highest BCUT2D eigenvalue weighted by atomic mass is 79.9. The number of hydrogen-bond acceptors (Lipinski definition) is 2. The molecule has 0 rings (SSSR count). The molecule has 0 fully saturated rings. The van der Waals surface area contributed by atoms with Gasteiger partial charge in [-0.15, -0.1) is 0 Å². The fourth-order valence-corrected chi connectivity index (χ4v) is 1.10. The van der Waals surface area contributed by atoms with Gasteiger partial charge in [0.2, 0.25) is 6.04 Å². The van der Waals surface area contributed by atoms with Crippen LogP contribution < -0.4 is 0 Å². The van der Waals surface area contributed by atoms with Crippen molar-refractivity contribution >= 4 is 15.9 Å². The van der Waals surface area contributed by atoms with Crippen LogP contribution in [0.4, 0.5) is 0 Å². The number of hydrogen-bond donors (Lipinski definition) is 0. The van der Waals surface area contributed by atoms with Crippen molar-refractivity contribution in [2.75, 3.05) is 0 Å². The van der Waals surface area contributed by atoms with Gasteiger partial charge < -0.3 is 0 Å². The third-order valence-corrected chi connectivity index (χ3v) is 1.40. The van der Waals surface area contributed by atoms with E-state index in [9.17, 15) is 10.1 Å². The summed E-state index contributed by atoms with van der Waals surface area (Å²) in [5.41, 5.74) is 0. The summed E-state index contributed by atoms with van der Waals surface area (Å²) in [6.45, 7) is 3.51. The van der Waals surface area contributed by atoms with Crippen LogP contribution in [0.1, 0.15) is 20.3 Å². The number of alkyl halides is 1. The summed E-state index contributed by atoms with van der Waals surface area (Å²) in [5, 5.41) is 10.0. The Morgan fingerprint density at radius 2 is 2.11 bits per heavy atom. The lowest BCUT2D eigenvalue weighted by molar-refractivity contribution is -0.518. The molecule has 0 amide bonds. The second-order valence-corrected chi connectivity index (χ2v) is 3.71. The van der Waals surface area contributed by atoms with Gasteiger partial charge in [0.25, 0.3) is 0 Å². The summed E-state index contributed by atoms with van der Waals surface area (Å²) in [5.74, 6) is 0. The molecule has 0 aliphatic carbocycles. The first kappa shape index (κ1) is 8.88. The normalized spacial score (nSPS) is 16.8. The Hall–Kier alpha value is -0.120. The first-order chi connectivity index (χ1) is 4.04. The Morgan fingerprint density at radius 3 is 2.22 bits per heavy atom. The van der Waals surface area contributed by atoms with E-state index in [1.54, 1.807) is 6.92 Å². The maximum Gasteiger partial charge on any atom is 0.211 e. The van der Waals surface area contributed by atoms with Crippen molar-refractivity contribution in [3.05, 3.63) is 10.1 Å². The summed E-state index contributed by atoms with van der Waals surface area (Å²) < 4.78 is 0.